The molecular formula is C19H20N2O2S. The summed E-state index contributed by atoms with van der Waals surface area (Å²) in [5.41, 5.74) is 3.32. The fraction of sp³-hybridized carbons (Fsp3) is 0.211. The molecule has 3 aromatic rings. The molecule has 0 saturated heterocycles. The molecular weight excluding hydrogens is 320 g/mol. The van der Waals surface area contributed by atoms with Gasteiger partial charge in [-0.1, -0.05) is 38.1 Å². The van der Waals surface area contributed by atoms with Crippen LogP contribution in [0.3, 0.4) is 0 Å². The monoisotopic (exact) mass is 340 g/mol. The lowest BCUT2D eigenvalue weighted by atomic mass is 9.98. The third kappa shape index (κ3) is 3.12. The van der Waals surface area contributed by atoms with E-state index >= 15 is 0 Å². The van der Waals surface area contributed by atoms with Crippen molar-refractivity contribution < 1.29 is 8.42 Å². The van der Waals surface area contributed by atoms with Crippen LogP contribution in [0.25, 0.3) is 10.9 Å². The normalized spacial score (nSPS) is 11.8. The van der Waals surface area contributed by atoms with Crippen molar-refractivity contribution in [2.24, 2.45) is 0 Å². The number of aryl methyl sites for hydroxylation is 1. The minimum atomic E-state index is -3.70. The summed E-state index contributed by atoms with van der Waals surface area (Å²) in [5.74, 6) is 0.401. The van der Waals surface area contributed by atoms with Gasteiger partial charge in [-0.3, -0.25) is 9.71 Å². The average Bonchev–Trinajstić information content (AvgIpc) is 2.53. The Bertz CT molecular complexity index is 990. The number of pyridine rings is 1. The standard InChI is InChI=1S/C19H20N2O2S/c1-13(2)17-10-9-16(12-14(17)3)21-24(22,23)18-8-4-6-15-7-5-11-20-19(15)18/h4-13,21H,1-3H3. The first-order valence-corrected chi connectivity index (χ1v) is 9.34. The summed E-state index contributed by atoms with van der Waals surface area (Å²) in [6.45, 7) is 6.23. The second-order valence-electron chi connectivity index (χ2n) is 6.16. The number of sulfonamides is 1. The van der Waals surface area contributed by atoms with Gasteiger partial charge in [-0.15, -0.1) is 0 Å². The molecule has 24 heavy (non-hydrogen) atoms. The van der Waals surface area contributed by atoms with Gasteiger partial charge in [0.15, 0.2) is 0 Å². The molecule has 1 aromatic heterocycles. The number of aromatic nitrogens is 1. The van der Waals surface area contributed by atoms with Gasteiger partial charge in [0, 0.05) is 17.3 Å². The van der Waals surface area contributed by atoms with Gasteiger partial charge in [0.25, 0.3) is 10.0 Å². The molecule has 4 nitrogen and oxygen atoms in total. The van der Waals surface area contributed by atoms with Crippen molar-refractivity contribution in [3.8, 4) is 0 Å². The van der Waals surface area contributed by atoms with E-state index in [0.717, 1.165) is 10.9 Å². The predicted octanol–water partition coefficient (Wildman–Crippen LogP) is 4.47. The van der Waals surface area contributed by atoms with Gasteiger partial charge in [-0.05, 0) is 48.2 Å². The molecule has 124 valence electrons. The Kier molecular flexibility index (Phi) is 4.28. The summed E-state index contributed by atoms with van der Waals surface area (Å²) < 4.78 is 28.3. The maximum absolute atomic E-state index is 12.8. The van der Waals surface area contributed by atoms with E-state index < -0.39 is 10.0 Å². The summed E-state index contributed by atoms with van der Waals surface area (Å²) in [7, 11) is -3.70. The number of rotatable bonds is 4. The van der Waals surface area contributed by atoms with E-state index in [1.54, 1.807) is 30.5 Å². The van der Waals surface area contributed by atoms with Crippen LogP contribution in [0, 0.1) is 6.92 Å². The molecule has 0 saturated carbocycles. The van der Waals surface area contributed by atoms with Crippen LogP contribution in [0.4, 0.5) is 5.69 Å². The Balaban J connectivity index is 2.01. The second kappa shape index (κ2) is 6.24. The number of nitrogens with zero attached hydrogens (tertiary/aromatic N) is 1. The van der Waals surface area contributed by atoms with Gasteiger partial charge >= 0.3 is 0 Å². The lowest BCUT2D eigenvalue weighted by molar-refractivity contribution is 0.602. The number of hydrogen-bond donors (Lipinski definition) is 1. The molecule has 0 aliphatic heterocycles. The quantitative estimate of drug-likeness (QED) is 0.762. The lowest BCUT2D eigenvalue weighted by Crippen LogP contribution is -2.14. The summed E-state index contributed by atoms with van der Waals surface area (Å²) in [4.78, 5) is 4.41. The van der Waals surface area contributed by atoms with Crippen molar-refractivity contribution >= 4 is 26.6 Å². The molecule has 0 aliphatic rings. The van der Waals surface area contributed by atoms with Crippen molar-refractivity contribution in [2.75, 3.05) is 4.72 Å². The van der Waals surface area contributed by atoms with Crippen LogP contribution in [0.15, 0.2) is 59.6 Å². The van der Waals surface area contributed by atoms with E-state index in [2.05, 4.69) is 23.6 Å². The fourth-order valence-corrected chi connectivity index (χ4v) is 4.12. The highest BCUT2D eigenvalue weighted by molar-refractivity contribution is 7.93. The zero-order chi connectivity index (χ0) is 17.3. The molecule has 0 radical (unpaired) electrons. The molecule has 2 aromatic carbocycles. The molecule has 0 aliphatic carbocycles. The van der Waals surface area contributed by atoms with E-state index in [1.165, 1.54) is 5.56 Å². The minimum absolute atomic E-state index is 0.186. The van der Waals surface area contributed by atoms with Crippen LogP contribution in [0.1, 0.15) is 30.9 Å². The third-order valence-corrected chi connectivity index (χ3v) is 5.44. The predicted molar refractivity (Wildman–Crippen MR) is 97.8 cm³/mol. The topological polar surface area (TPSA) is 59.1 Å². The Morgan fingerprint density at radius 2 is 1.79 bits per heavy atom. The maximum atomic E-state index is 12.8. The third-order valence-electron chi connectivity index (χ3n) is 4.03. The van der Waals surface area contributed by atoms with Crippen molar-refractivity contribution in [2.45, 2.75) is 31.6 Å². The molecule has 0 atom stereocenters. The van der Waals surface area contributed by atoms with E-state index in [-0.39, 0.29) is 4.90 Å². The summed E-state index contributed by atoms with van der Waals surface area (Å²) in [5, 5.41) is 0.798. The van der Waals surface area contributed by atoms with E-state index in [9.17, 15) is 8.42 Å². The first kappa shape index (κ1) is 16.5. The van der Waals surface area contributed by atoms with Crippen molar-refractivity contribution in [1.82, 2.24) is 4.98 Å². The van der Waals surface area contributed by atoms with Gasteiger partial charge in [-0.2, -0.15) is 0 Å². The van der Waals surface area contributed by atoms with Crippen LogP contribution >= 0.6 is 0 Å². The highest BCUT2D eigenvalue weighted by Gasteiger charge is 2.18. The van der Waals surface area contributed by atoms with Crippen LogP contribution < -0.4 is 4.72 Å². The fourth-order valence-electron chi connectivity index (χ4n) is 2.89. The average molecular weight is 340 g/mol. The molecule has 0 amide bonds. The van der Waals surface area contributed by atoms with Crippen molar-refractivity contribution in [3.05, 3.63) is 65.9 Å². The first-order chi connectivity index (χ1) is 11.4. The van der Waals surface area contributed by atoms with Gasteiger partial charge in [0.1, 0.15) is 4.90 Å². The Hall–Kier alpha value is -2.40. The zero-order valence-corrected chi connectivity index (χ0v) is 14.8. The maximum Gasteiger partial charge on any atom is 0.264 e. The number of para-hydroxylation sites is 1. The molecule has 0 fully saturated rings. The van der Waals surface area contributed by atoms with E-state index in [1.807, 2.05) is 31.2 Å². The molecule has 3 rings (SSSR count). The van der Waals surface area contributed by atoms with Gasteiger partial charge in [0.05, 0.1) is 5.52 Å². The van der Waals surface area contributed by atoms with Gasteiger partial charge in [0.2, 0.25) is 0 Å². The number of hydrogen-bond acceptors (Lipinski definition) is 3. The molecule has 0 bridgehead atoms. The summed E-state index contributed by atoms with van der Waals surface area (Å²) in [6, 6.07) is 14.4. The Morgan fingerprint density at radius 1 is 1.04 bits per heavy atom. The summed E-state index contributed by atoms with van der Waals surface area (Å²) >= 11 is 0. The zero-order valence-electron chi connectivity index (χ0n) is 13.9. The second-order valence-corrected chi connectivity index (χ2v) is 7.81. The Morgan fingerprint density at radius 3 is 2.50 bits per heavy atom. The lowest BCUT2D eigenvalue weighted by Gasteiger charge is -2.14. The van der Waals surface area contributed by atoms with Crippen LogP contribution in [-0.2, 0) is 10.0 Å². The van der Waals surface area contributed by atoms with E-state index in [4.69, 9.17) is 0 Å². The SMILES string of the molecule is Cc1cc(NS(=O)(=O)c2cccc3cccnc23)ccc1C(C)C. The number of nitrogens with one attached hydrogen (secondary N) is 1. The molecule has 1 heterocycles. The smallest absolute Gasteiger partial charge is 0.264 e. The van der Waals surface area contributed by atoms with Crippen molar-refractivity contribution in [3.63, 3.8) is 0 Å². The first-order valence-electron chi connectivity index (χ1n) is 7.85. The molecule has 1 N–H and O–H groups in total. The largest absolute Gasteiger partial charge is 0.280 e. The number of benzene rings is 2. The Labute approximate surface area is 142 Å². The van der Waals surface area contributed by atoms with Crippen molar-refractivity contribution in [1.29, 1.82) is 0 Å². The highest BCUT2D eigenvalue weighted by Crippen LogP contribution is 2.26. The molecule has 0 unspecified atom stereocenters. The minimum Gasteiger partial charge on any atom is -0.280 e. The van der Waals surface area contributed by atoms with Crippen LogP contribution in [0.5, 0.6) is 0 Å². The highest BCUT2D eigenvalue weighted by atomic mass is 32.2. The van der Waals surface area contributed by atoms with E-state index in [0.29, 0.717) is 17.1 Å². The molecule has 0 spiro atoms. The van der Waals surface area contributed by atoms with Gasteiger partial charge in [-0.25, -0.2) is 8.42 Å². The number of fused-ring (bicyclic) bond motifs is 1. The van der Waals surface area contributed by atoms with Crippen LogP contribution in [-0.4, -0.2) is 13.4 Å². The van der Waals surface area contributed by atoms with Crippen LogP contribution in [0.2, 0.25) is 0 Å². The van der Waals surface area contributed by atoms with Gasteiger partial charge < -0.3 is 0 Å². The number of anilines is 1. The summed E-state index contributed by atoms with van der Waals surface area (Å²) in [6.07, 6.45) is 1.60. The molecule has 5 heteroatoms.